The molecule has 0 aliphatic carbocycles. The van der Waals surface area contributed by atoms with Gasteiger partial charge < -0.3 is 4.74 Å². The Morgan fingerprint density at radius 3 is 2.06 bits per heavy atom. The summed E-state index contributed by atoms with van der Waals surface area (Å²) < 4.78 is 37.1. The molecule has 0 spiro atoms. The van der Waals surface area contributed by atoms with Crippen molar-refractivity contribution in [3.8, 4) is 0 Å². The first-order chi connectivity index (χ1) is 7.87. The Morgan fingerprint density at radius 1 is 1.18 bits per heavy atom. The number of halogens is 3. The number of ether oxygens (including phenoxy) is 1. The molecule has 0 bridgehead atoms. The second-order valence-electron chi connectivity index (χ2n) is 3.43. The molecule has 1 unspecified atom stereocenters. The number of unbranched alkanes of at least 4 members (excludes halogenated alkanes) is 3. The minimum atomic E-state index is -4.00. The summed E-state index contributed by atoms with van der Waals surface area (Å²) in [6.07, 6.45) is 0.343. The topological polar surface area (TPSA) is 26.3 Å². The third-order valence-electron chi connectivity index (χ3n) is 1.77. The molecule has 0 aromatic carbocycles. The Balaban J connectivity index is 0. The summed E-state index contributed by atoms with van der Waals surface area (Å²) in [6.45, 7) is 4.50. The summed E-state index contributed by atoms with van der Waals surface area (Å²) in [7, 11) is 1.60. The van der Waals surface area contributed by atoms with Crippen molar-refractivity contribution in [2.24, 2.45) is 0 Å². The van der Waals surface area contributed by atoms with Gasteiger partial charge in [-0.25, -0.2) is 0 Å². The third kappa shape index (κ3) is 21.5. The lowest BCUT2D eigenvalue weighted by atomic mass is 10.2. The van der Waals surface area contributed by atoms with Crippen molar-refractivity contribution in [1.29, 1.82) is 0 Å². The molecular formula is C11H22F3O2P. The van der Waals surface area contributed by atoms with E-state index in [0.29, 0.717) is 13.0 Å². The van der Waals surface area contributed by atoms with Gasteiger partial charge >= 0.3 is 12.1 Å². The Labute approximate surface area is 103 Å². The molecule has 0 fully saturated rings. The highest BCUT2D eigenvalue weighted by Gasteiger charge is 2.22. The predicted octanol–water partition coefficient (Wildman–Crippen LogP) is 3.94. The van der Waals surface area contributed by atoms with E-state index < -0.39 is 12.3 Å². The van der Waals surface area contributed by atoms with Gasteiger partial charge in [0.15, 0.2) is 0 Å². The van der Waals surface area contributed by atoms with Gasteiger partial charge in [0.05, 0.1) is 12.8 Å². The van der Waals surface area contributed by atoms with E-state index >= 15 is 0 Å². The SMILES string of the molecule is CCCCCCC(=O)OCC.FC(F)(F)CP. The van der Waals surface area contributed by atoms with E-state index in [4.69, 9.17) is 4.74 Å². The second-order valence-corrected chi connectivity index (χ2v) is 3.84. The molecule has 0 saturated heterocycles. The van der Waals surface area contributed by atoms with E-state index in [1.54, 1.807) is 9.24 Å². The minimum absolute atomic E-state index is 0.0522. The normalized spacial score (nSPS) is 10.5. The first-order valence-corrected chi connectivity index (χ1v) is 6.61. The maximum atomic E-state index is 10.8. The lowest BCUT2D eigenvalue weighted by Gasteiger charge is -2.00. The van der Waals surface area contributed by atoms with Gasteiger partial charge in [0, 0.05) is 6.42 Å². The number of alkyl halides is 3. The highest BCUT2D eigenvalue weighted by molar-refractivity contribution is 7.16. The third-order valence-corrected chi connectivity index (χ3v) is 2.23. The van der Waals surface area contributed by atoms with E-state index in [1.807, 2.05) is 6.92 Å². The summed E-state index contributed by atoms with van der Waals surface area (Å²) >= 11 is 0. The lowest BCUT2D eigenvalue weighted by Crippen LogP contribution is -2.07. The predicted molar refractivity (Wildman–Crippen MR) is 66.0 cm³/mol. The lowest BCUT2D eigenvalue weighted by molar-refractivity contribution is -0.143. The van der Waals surface area contributed by atoms with Gasteiger partial charge in [-0.05, 0) is 13.3 Å². The van der Waals surface area contributed by atoms with Crippen LogP contribution in [-0.4, -0.2) is 24.9 Å². The number of rotatable bonds is 6. The molecule has 0 aliphatic heterocycles. The molecular weight excluding hydrogens is 252 g/mol. The first kappa shape index (κ1) is 19.0. The van der Waals surface area contributed by atoms with E-state index in [9.17, 15) is 18.0 Å². The van der Waals surface area contributed by atoms with Crippen LogP contribution in [0.2, 0.25) is 0 Å². The molecule has 0 aromatic rings. The molecule has 0 amide bonds. The van der Waals surface area contributed by atoms with Crippen LogP contribution in [0.15, 0.2) is 0 Å². The molecule has 2 nitrogen and oxygen atoms in total. The van der Waals surface area contributed by atoms with Crippen LogP contribution in [-0.2, 0) is 9.53 Å². The largest absolute Gasteiger partial charge is 0.466 e. The van der Waals surface area contributed by atoms with Crippen molar-refractivity contribution in [2.75, 3.05) is 12.8 Å². The van der Waals surface area contributed by atoms with Crippen LogP contribution in [0.5, 0.6) is 0 Å². The van der Waals surface area contributed by atoms with E-state index in [2.05, 4.69) is 6.92 Å². The maximum Gasteiger partial charge on any atom is 0.392 e. The van der Waals surface area contributed by atoms with E-state index in [1.165, 1.54) is 12.8 Å². The van der Waals surface area contributed by atoms with Crippen LogP contribution in [0, 0.1) is 0 Å². The zero-order valence-electron chi connectivity index (χ0n) is 10.5. The highest BCUT2D eigenvalue weighted by Crippen LogP contribution is 2.16. The van der Waals surface area contributed by atoms with Crippen LogP contribution in [0.1, 0.15) is 46.0 Å². The number of esters is 1. The van der Waals surface area contributed by atoms with Crippen molar-refractivity contribution in [2.45, 2.75) is 52.1 Å². The van der Waals surface area contributed by atoms with E-state index in [0.717, 1.165) is 12.8 Å². The average molecular weight is 274 g/mol. The maximum absolute atomic E-state index is 10.8. The molecule has 104 valence electrons. The smallest absolute Gasteiger partial charge is 0.392 e. The zero-order chi connectivity index (χ0) is 13.7. The molecule has 0 saturated carbocycles. The van der Waals surface area contributed by atoms with Crippen LogP contribution in [0.25, 0.3) is 0 Å². The minimum Gasteiger partial charge on any atom is -0.466 e. The van der Waals surface area contributed by atoms with Crippen LogP contribution < -0.4 is 0 Å². The molecule has 0 radical (unpaired) electrons. The fraction of sp³-hybridized carbons (Fsp3) is 0.909. The molecule has 17 heavy (non-hydrogen) atoms. The molecule has 0 heterocycles. The number of carbonyl (C=O) groups is 1. The Hall–Kier alpha value is -0.310. The van der Waals surface area contributed by atoms with Gasteiger partial charge in [-0.15, -0.1) is 9.24 Å². The number of hydrogen-bond donors (Lipinski definition) is 0. The number of carbonyl (C=O) groups excluding carboxylic acids is 1. The second kappa shape index (κ2) is 12.2. The summed E-state index contributed by atoms with van der Waals surface area (Å²) in [5.74, 6) is -0.0522. The summed E-state index contributed by atoms with van der Waals surface area (Å²) in [4.78, 5) is 10.8. The van der Waals surface area contributed by atoms with Crippen molar-refractivity contribution in [3.05, 3.63) is 0 Å². The quantitative estimate of drug-likeness (QED) is 0.416. The van der Waals surface area contributed by atoms with Gasteiger partial charge in [-0.1, -0.05) is 26.2 Å². The Kier molecular flexibility index (Phi) is 13.6. The standard InChI is InChI=1S/C9H18O2.C2H4F3P/c1-3-5-6-7-8-9(10)11-4-2;3-2(4,5)1-6/h3-8H2,1-2H3;1,6H2. The molecule has 0 aromatic heterocycles. The molecule has 6 heteroatoms. The van der Waals surface area contributed by atoms with Gasteiger partial charge in [0.2, 0.25) is 0 Å². The summed E-state index contributed by atoms with van der Waals surface area (Å²) in [6, 6.07) is 0. The zero-order valence-corrected chi connectivity index (χ0v) is 11.6. The van der Waals surface area contributed by atoms with Crippen molar-refractivity contribution in [3.63, 3.8) is 0 Å². The van der Waals surface area contributed by atoms with Crippen LogP contribution >= 0.6 is 9.24 Å². The monoisotopic (exact) mass is 274 g/mol. The van der Waals surface area contributed by atoms with Crippen LogP contribution in [0.4, 0.5) is 13.2 Å². The van der Waals surface area contributed by atoms with Crippen molar-refractivity contribution in [1.82, 2.24) is 0 Å². The van der Waals surface area contributed by atoms with Gasteiger partial charge in [-0.2, -0.15) is 13.2 Å². The van der Waals surface area contributed by atoms with E-state index in [-0.39, 0.29) is 5.97 Å². The number of hydrogen-bond acceptors (Lipinski definition) is 2. The molecule has 0 rings (SSSR count). The Bertz CT molecular complexity index is 184. The fourth-order valence-corrected chi connectivity index (χ4v) is 0.929. The van der Waals surface area contributed by atoms with Crippen molar-refractivity contribution < 1.29 is 22.7 Å². The fourth-order valence-electron chi connectivity index (χ4n) is 0.929. The van der Waals surface area contributed by atoms with Gasteiger partial charge in [0.1, 0.15) is 0 Å². The summed E-state index contributed by atoms with van der Waals surface area (Å²) in [5, 5.41) is 0. The summed E-state index contributed by atoms with van der Waals surface area (Å²) in [5.41, 5.74) is 0. The highest BCUT2D eigenvalue weighted by atomic mass is 31.0. The van der Waals surface area contributed by atoms with Gasteiger partial charge in [0.25, 0.3) is 0 Å². The molecule has 0 aliphatic rings. The Morgan fingerprint density at radius 2 is 1.71 bits per heavy atom. The van der Waals surface area contributed by atoms with Crippen molar-refractivity contribution >= 4 is 15.2 Å². The van der Waals surface area contributed by atoms with Gasteiger partial charge in [-0.3, -0.25) is 4.79 Å². The first-order valence-electron chi connectivity index (χ1n) is 5.79. The van der Waals surface area contributed by atoms with Crippen LogP contribution in [0.3, 0.4) is 0 Å². The average Bonchev–Trinajstić information content (AvgIpc) is 2.25. The molecule has 0 N–H and O–H groups in total. The molecule has 1 atom stereocenters.